The van der Waals surface area contributed by atoms with E-state index in [1.807, 2.05) is 6.07 Å². The van der Waals surface area contributed by atoms with Gasteiger partial charge in [-0.25, -0.2) is 4.98 Å². The van der Waals surface area contributed by atoms with Crippen LogP contribution in [0, 0.1) is 6.92 Å². The number of rotatable bonds is 4. The summed E-state index contributed by atoms with van der Waals surface area (Å²) in [5.41, 5.74) is 2.07. The largest absolute Gasteiger partial charge is 0.392 e. The number of aryl methyl sites for hydroxylation is 1. The molecule has 0 saturated heterocycles. The third-order valence-corrected chi connectivity index (χ3v) is 3.92. The predicted molar refractivity (Wildman–Crippen MR) is 74.8 cm³/mol. The third-order valence-electron chi connectivity index (χ3n) is 3.92. The van der Waals surface area contributed by atoms with Crippen molar-refractivity contribution in [3.8, 4) is 0 Å². The monoisotopic (exact) mass is 248 g/mol. The zero-order valence-electron chi connectivity index (χ0n) is 11.5. The van der Waals surface area contributed by atoms with Gasteiger partial charge in [-0.1, -0.05) is 19.3 Å². The Hall–Kier alpha value is -1.09. The zero-order chi connectivity index (χ0) is 13.0. The third kappa shape index (κ3) is 2.83. The number of aromatic nitrogens is 1. The molecular weight excluding hydrogens is 224 g/mol. The van der Waals surface area contributed by atoms with Gasteiger partial charge in [0.1, 0.15) is 5.82 Å². The normalized spacial score (nSPS) is 16.8. The highest BCUT2D eigenvalue weighted by molar-refractivity contribution is 5.48. The first-order chi connectivity index (χ1) is 8.76. The molecule has 1 heterocycles. The van der Waals surface area contributed by atoms with Crippen molar-refractivity contribution in [3.05, 3.63) is 23.4 Å². The molecular formula is C15H24N2O. The Balaban J connectivity index is 2.20. The first-order valence-electron chi connectivity index (χ1n) is 7.09. The van der Waals surface area contributed by atoms with Crippen LogP contribution in [0.1, 0.15) is 50.2 Å². The zero-order valence-corrected chi connectivity index (χ0v) is 11.5. The van der Waals surface area contributed by atoms with Gasteiger partial charge in [0.05, 0.1) is 6.61 Å². The van der Waals surface area contributed by atoms with Gasteiger partial charge in [0.25, 0.3) is 0 Å². The lowest BCUT2D eigenvalue weighted by Gasteiger charge is -2.35. The number of aliphatic hydroxyl groups excluding tert-OH is 1. The maximum absolute atomic E-state index is 9.14. The summed E-state index contributed by atoms with van der Waals surface area (Å²) in [7, 11) is 0. The van der Waals surface area contributed by atoms with Gasteiger partial charge >= 0.3 is 0 Å². The summed E-state index contributed by atoms with van der Waals surface area (Å²) >= 11 is 0. The molecule has 1 aromatic heterocycles. The molecule has 1 fully saturated rings. The van der Waals surface area contributed by atoms with Gasteiger partial charge in [0, 0.05) is 18.8 Å². The average Bonchev–Trinajstić information content (AvgIpc) is 2.42. The Bertz CT molecular complexity index is 386. The molecule has 0 radical (unpaired) electrons. The maximum atomic E-state index is 9.14. The topological polar surface area (TPSA) is 36.4 Å². The number of anilines is 1. The van der Waals surface area contributed by atoms with E-state index < -0.39 is 0 Å². The van der Waals surface area contributed by atoms with Crippen LogP contribution < -0.4 is 4.90 Å². The van der Waals surface area contributed by atoms with Gasteiger partial charge in [0.2, 0.25) is 0 Å². The van der Waals surface area contributed by atoms with E-state index in [9.17, 15) is 0 Å². The summed E-state index contributed by atoms with van der Waals surface area (Å²) in [5, 5.41) is 9.14. The minimum Gasteiger partial charge on any atom is -0.392 e. The first-order valence-corrected chi connectivity index (χ1v) is 7.09. The van der Waals surface area contributed by atoms with E-state index in [0.717, 1.165) is 17.9 Å². The number of hydrogen-bond acceptors (Lipinski definition) is 3. The molecule has 1 aromatic rings. The van der Waals surface area contributed by atoms with Crippen LogP contribution in [-0.4, -0.2) is 22.7 Å². The molecule has 0 amide bonds. The summed E-state index contributed by atoms with van der Waals surface area (Å²) in [4.78, 5) is 7.00. The Morgan fingerprint density at radius 2 is 2.06 bits per heavy atom. The van der Waals surface area contributed by atoms with E-state index in [2.05, 4.69) is 23.7 Å². The van der Waals surface area contributed by atoms with E-state index >= 15 is 0 Å². The lowest BCUT2D eigenvalue weighted by molar-refractivity contribution is 0.281. The molecule has 18 heavy (non-hydrogen) atoms. The van der Waals surface area contributed by atoms with Gasteiger partial charge in [-0.3, -0.25) is 0 Å². The van der Waals surface area contributed by atoms with Crippen LogP contribution in [0.3, 0.4) is 0 Å². The van der Waals surface area contributed by atoms with Crippen molar-refractivity contribution >= 4 is 5.82 Å². The van der Waals surface area contributed by atoms with Crippen LogP contribution in [0.2, 0.25) is 0 Å². The molecule has 0 unspecified atom stereocenters. The minimum absolute atomic E-state index is 0.0731. The minimum atomic E-state index is 0.0731. The van der Waals surface area contributed by atoms with Crippen LogP contribution in [0.15, 0.2) is 12.3 Å². The molecule has 1 aliphatic carbocycles. The van der Waals surface area contributed by atoms with Crippen molar-refractivity contribution in [2.45, 2.75) is 58.6 Å². The number of aliphatic hydroxyl groups is 1. The highest BCUT2D eigenvalue weighted by atomic mass is 16.3. The lowest BCUT2D eigenvalue weighted by atomic mass is 9.94. The summed E-state index contributed by atoms with van der Waals surface area (Å²) in [5.74, 6) is 1.10. The van der Waals surface area contributed by atoms with Crippen molar-refractivity contribution < 1.29 is 5.11 Å². The molecule has 3 heteroatoms. The van der Waals surface area contributed by atoms with E-state index in [0.29, 0.717) is 6.04 Å². The second-order valence-corrected chi connectivity index (χ2v) is 5.22. The summed E-state index contributed by atoms with van der Waals surface area (Å²) in [6, 6.07) is 2.70. The average molecular weight is 248 g/mol. The van der Waals surface area contributed by atoms with Crippen LogP contribution in [0.5, 0.6) is 0 Å². The van der Waals surface area contributed by atoms with Gasteiger partial charge in [-0.2, -0.15) is 0 Å². The Morgan fingerprint density at radius 3 is 2.61 bits per heavy atom. The lowest BCUT2D eigenvalue weighted by Crippen LogP contribution is -2.37. The molecule has 0 bridgehead atoms. The molecule has 100 valence electrons. The van der Waals surface area contributed by atoms with Crippen LogP contribution in [-0.2, 0) is 6.61 Å². The maximum Gasteiger partial charge on any atom is 0.131 e. The number of hydrogen-bond donors (Lipinski definition) is 1. The molecule has 3 nitrogen and oxygen atoms in total. The van der Waals surface area contributed by atoms with Crippen molar-refractivity contribution in [2.24, 2.45) is 0 Å². The molecule has 0 aliphatic heterocycles. The highest BCUT2D eigenvalue weighted by Gasteiger charge is 2.22. The fourth-order valence-corrected chi connectivity index (χ4v) is 2.99. The highest BCUT2D eigenvalue weighted by Crippen LogP contribution is 2.28. The smallest absolute Gasteiger partial charge is 0.131 e. The molecule has 1 saturated carbocycles. The predicted octanol–water partition coefficient (Wildman–Crippen LogP) is 3.04. The van der Waals surface area contributed by atoms with Gasteiger partial charge in [-0.15, -0.1) is 0 Å². The van der Waals surface area contributed by atoms with Crippen molar-refractivity contribution in [3.63, 3.8) is 0 Å². The van der Waals surface area contributed by atoms with E-state index in [1.165, 1.54) is 37.7 Å². The second-order valence-electron chi connectivity index (χ2n) is 5.22. The van der Waals surface area contributed by atoms with Gasteiger partial charge in [-0.05, 0) is 43.9 Å². The molecule has 0 atom stereocenters. The molecule has 2 rings (SSSR count). The van der Waals surface area contributed by atoms with Crippen molar-refractivity contribution in [1.82, 2.24) is 4.98 Å². The van der Waals surface area contributed by atoms with E-state index in [-0.39, 0.29) is 6.61 Å². The fraction of sp³-hybridized carbons (Fsp3) is 0.667. The quantitative estimate of drug-likeness (QED) is 0.889. The standard InChI is InChI=1S/C15H24N2O/c1-3-17(14-7-5-4-6-8-14)15-12(2)9-13(11-18)10-16-15/h9-10,14,18H,3-8,11H2,1-2H3. The van der Waals surface area contributed by atoms with E-state index in [1.54, 1.807) is 6.20 Å². The van der Waals surface area contributed by atoms with Crippen molar-refractivity contribution in [1.29, 1.82) is 0 Å². The molecule has 0 spiro atoms. The Labute approximate surface area is 110 Å². The molecule has 1 aliphatic rings. The SMILES string of the molecule is CCN(c1ncc(CO)cc1C)C1CCCCC1. The fourth-order valence-electron chi connectivity index (χ4n) is 2.99. The molecule has 0 aromatic carbocycles. The molecule has 1 N–H and O–H groups in total. The number of pyridine rings is 1. The Kier molecular flexibility index (Phi) is 4.59. The van der Waals surface area contributed by atoms with Crippen LogP contribution in [0.4, 0.5) is 5.82 Å². The second kappa shape index (κ2) is 6.19. The summed E-state index contributed by atoms with van der Waals surface area (Å²) in [6.45, 7) is 5.38. The van der Waals surface area contributed by atoms with Crippen molar-refractivity contribution in [2.75, 3.05) is 11.4 Å². The number of nitrogens with zero attached hydrogens (tertiary/aromatic N) is 2. The van der Waals surface area contributed by atoms with E-state index in [4.69, 9.17) is 5.11 Å². The summed E-state index contributed by atoms with van der Waals surface area (Å²) in [6.07, 6.45) is 8.44. The summed E-state index contributed by atoms with van der Waals surface area (Å²) < 4.78 is 0. The Morgan fingerprint density at radius 1 is 1.33 bits per heavy atom. The van der Waals surface area contributed by atoms with Gasteiger partial charge < -0.3 is 10.0 Å². The van der Waals surface area contributed by atoms with Gasteiger partial charge in [0.15, 0.2) is 0 Å². The van der Waals surface area contributed by atoms with Crippen LogP contribution >= 0.6 is 0 Å². The first kappa shape index (κ1) is 13.3. The van der Waals surface area contributed by atoms with Crippen LogP contribution in [0.25, 0.3) is 0 Å².